The highest BCUT2D eigenvalue weighted by Crippen LogP contribution is 2.40. The zero-order valence-electron chi connectivity index (χ0n) is 11.4. The number of ether oxygens (including phenoxy) is 1. The third-order valence-corrected chi connectivity index (χ3v) is 3.92. The molecular formula is C13H20F3NO2. The van der Waals surface area contributed by atoms with Crippen LogP contribution in [0, 0.1) is 11.3 Å². The molecular weight excluding hydrogens is 259 g/mol. The maximum absolute atomic E-state index is 13.0. The number of carbonyl (C=O) groups excluding carboxylic acids is 1. The first-order valence-corrected chi connectivity index (χ1v) is 6.61. The predicted molar refractivity (Wildman–Crippen MR) is 63.4 cm³/mol. The maximum atomic E-state index is 13.0. The Morgan fingerprint density at radius 3 is 2.26 bits per heavy atom. The van der Waals surface area contributed by atoms with Crippen LogP contribution in [0.4, 0.5) is 13.2 Å². The molecule has 0 aromatic rings. The topological polar surface area (TPSA) is 38.3 Å². The van der Waals surface area contributed by atoms with Gasteiger partial charge in [-0.2, -0.15) is 13.2 Å². The molecule has 110 valence electrons. The third-order valence-electron chi connectivity index (χ3n) is 3.92. The standard InChI is InChI=1S/C13H20F3NO2/c1-12(2,3)11(13(14,15)16)17-10(18)8-6-7-4-5-9(8)19-7/h7-9,11H,4-6H2,1-3H3,(H,17,18)/t7-,8-,9-,11+/m1/s1. The minimum absolute atomic E-state index is 0.0553. The van der Waals surface area contributed by atoms with E-state index in [-0.39, 0.29) is 12.2 Å². The van der Waals surface area contributed by atoms with Crippen molar-refractivity contribution in [1.29, 1.82) is 0 Å². The largest absolute Gasteiger partial charge is 0.409 e. The van der Waals surface area contributed by atoms with Gasteiger partial charge < -0.3 is 10.1 Å². The third kappa shape index (κ3) is 3.04. The summed E-state index contributed by atoms with van der Waals surface area (Å²) in [5.74, 6) is -0.949. The fraction of sp³-hybridized carbons (Fsp3) is 0.923. The Kier molecular flexibility index (Phi) is 3.58. The lowest BCUT2D eigenvalue weighted by molar-refractivity contribution is -0.182. The Morgan fingerprint density at radius 2 is 1.89 bits per heavy atom. The van der Waals surface area contributed by atoms with Gasteiger partial charge in [-0.05, 0) is 24.7 Å². The summed E-state index contributed by atoms with van der Waals surface area (Å²) < 4.78 is 44.5. The van der Waals surface area contributed by atoms with Gasteiger partial charge in [-0.25, -0.2) is 0 Å². The fourth-order valence-corrected chi connectivity index (χ4v) is 2.95. The maximum Gasteiger partial charge on any atom is 0.409 e. The number of rotatable bonds is 2. The molecule has 2 fully saturated rings. The second-order valence-electron chi connectivity index (χ2n) is 6.57. The number of hydrogen-bond donors (Lipinski definition) is 1. The van der Waals surface area contributed by atoms with E-state index < -0.39 is 29.5 Å². The lowest BCUT2D eigenvalue weighted by Crippen LogP contribution is -2.55. The smallest absolute Gasteiger partial charge is 0.374 e. The van der Waals surface area contributed by atoms with Crippen LogP contribution in [-0.2, 0) is 9.53 Å². The van der Waals surface area contributed by atoms with E-state index in [4.69, 9.17) is 4.74 Å². The van der Waals surface area contributed by atoms with E-state index in [9.17, 15) is 18.0 Å². The van der Waals surface area contributed by atoms with Gasteiger partial charge in [0.25, 0.3) is 0 Å². The summed E-state index contributed by atoms with van der Waals surface area (Å²) in [5, 5.41) is 2.18. The van der Waals surface area contributed by atoms with Crippen molar-refractivity contribution in [2.75, 3.05) is 0 Å². The quantitative estimate of drug-likeness (QED) is 0.844. The minimum atomic E-state index is -4.44. The van der Waals surface area contributed by atoms with E-state index >= 15 is 0 Å². The Bertz CT molecular complexity index is 348. The van der Waals surface area contributed by atoms with Gasteiger partial charge in [0.2, 0.25) is 5.91 Å². The summed E-state index contributed by atoms with van der Waals surface area (Å²) >= 11 is 0. The molecule has 2 saturated heterocycles. The fourth-order valence-electron chi connectivity index (χ4n) is 2.95. The van der Waals surface area contributed by atoms with E-state index in [1.54, 1.807) is 0 Å². The van der Waals surface area contributed by atoms with Crippen LogP contribution >= 0.6 is 0 Å². The molecule has 0 saturated carbocycles. The molecule has 6 heteroatoms. The van der Waals surface area contributed by atoms with Crippen molar-refractivity contribution >= 4 is 5.91 Å². The molecule has 1 amide bonds. The summed E-state index contributed by atoms with van der Waals surface area (Å²) in [4.78, 5) is 12.0. The first kappa shape index (κ1) is 14.6. The van der Waals surface area contributed by atoms with Crippen molar-refractivity contribution in [1.82, 2.24) is 5.32 Å². The lowest BCUT2D eigenvalue weighted by Gasteiger charge is -2.34. The second-order valence-corrected chi connectivity index (χ2v) is 6.57. The molecule has 2 heterocycles. The summed E-state index contributed by atoms with van der Waals surface area (Å²) in [6, 6.07) is -1.83. The lowest BCUT2D eigenvalue weighted by atomic mass is 9.84. The van der Waals surface area contributed by atoms with Gasteiger partial charge in [0.1, 0.15) is 6.04 Å². The summed E-state index contributed by atoms with van der Waals surface area (Å²) in [6.45, 7) is 4.42. The van der Waals surface area contributed by atoms with Gasteiger partial charge in [-0.1, -0.05) is 20.8 Å². The molecule has 0 aromatic carbocycles. The van der Waals surface area contributed by atoms with Crippen LogP contribution in [0.15, 0.2) is 0 Å². The predicted octanol–water partition coefficient (Wildman–Crippen LogP) is 2.65. The molecule has 3 nitrogen and oxygen atoms in total. The molecule has 0 unspecified atom stereocenters. The first-order chi connectivity index (χ1) is 8.59. The average molecular weight is 279 g/mol. The van der Waals surface area contributed by atoms with Crippen molar-refractivity contribution in [2.24, 2.45) is 11.3 Å². The van der Waals surface area contributed by atoms with Crippen LogP contribution in [0.25, 0.3) is 0 Å². The van der Waals surface area contributed by atoms with Crippen LogP contribution in [0.2, 0.25) is 0 Å². The Morgan fingerprint density at radius 1 is 1.26 bits per heavy atom. The number of hydrogen-bond acceptors (Lipinski definition) is 2. The van der Waals surface area contributed by atoms with Gasteiger partial charge in [0.15, 0.2) is 0 Å². The number of nitrogens with one attached hydrogen (secondary N) is 1. The van der Waals surface area contributed by atoms with Crippen molar-refractivity contribution in [2.45, 2.75) is 64.5 Å². The Labute approximate surface area is 110 Å². The van der Waals surface area contributed by atoms with Gasteiger partial charge in [0.05, 0.1) is 18.1 Å². The van der Waals surface area contributed by atoms with E-state index in [1.165, 1.54) is 20.8 Å². The molecule has 1 N–H and O–H groups in total. The molecule has 0 radical (unpaired) electrons. The molecule has 2 rings (SSSR count). The van der Waals surface area contributed by atoms with Crippen molar-refractivity contribution in [3.05, 3.63) is 0 Å². The summed E-state index contributed by atoms with van der Waals surface area (Å²) in [5.41, 5.74) is -1.06. The molecule has 2 bridgehead atoms. The van der Waals surface area contributed by atoms with Gasteiger partial charge in [-0.15, -0.1) is 0 Å². The molecule has 19 heavy (non-hydrogen) atoms. The van der Waals surface area contributed by atoms with E-state index in [1.807, 2.05) is 0 Å². The normalized spacial score (nSPS) is 32.4. The number of alkyl halides is 3. The average Bonchev–Trinajstić information content (AvgIpc) is 2.83. The van der Waals surface area contributed by atoms with Crippen LogP contribution < -0.4 is 5.32 Å². The highest BCUT2D eigenvalue weighted by Gasteiger charge is 2.50. The Balaban J connectivity index is 2.04. The van der Waals surface area contributed by atoms with E-state index in [2.05, 4.69) is 5.32 Å². The Hall–Kier alpha value is -0.780. The van der Waals surface area contributed by atoms with E-state index in [0.717, 1.165) is 12.8 Å². The number of amides is 1. The number of carbonyl (C=O) groups is 1. The van der Waals surface area contributed by atoms with Crippen molar-refractivity contribution < 1.29 is 22.7 Å². The molecule has 0 spiro atoms. The van der Waals surface area contributed by atoms with Gasteiger partial charge >= 0.3 is 6.18 Å². The summed E-state index contributed by atoms with van der Waals surface area (Å²) in [6.07, 6.45) is -2.35. The van der Waals surface area contributed by atoms with E-state index in [0.29, 0.717) is 6.42 Å². The van der Waals surface area contributed by atoms with Crippen LogP contribution in [-0.4, -0.2) is 30.3 Å². The zero-order valence-corrected chi connectivity index (χ0v) is 11.4. The summed E-state index contributed by atoms with van der Waals surface area (Å²) in [7, 11) is 0. The monoisotopic (exact) mass is 279 g/mol. The minimum Gasteiger partial charge on any atom is -0.374 e. The molecule has 4 atom stereocenters. The number of fused-ring (bicyclic) bond motifs is 2. The highest BCUT2D eigenvalue weighted by atomic mass is 19.4. The second kappa shape index (κ2) is 4.65. The highest BCUT2D eigenvalue weighted by molar-refractivity contribution is 5.80. The molecule has 0 aromatic heterocycles. The van der Waals surface area contributed by atoms with Crippen molar-refractivity contribution in [3.8, 4) is 0 Å². The molecule has 2 aliphatic heterocycles. The number of halogens is 3. The molecule has 2 aliphatic rings. The zero-order chi connectivity index (χ0) is 14.4. The first-order valence-electron chi connectivity index (χ1n) is 6.61. The SMILES string of the molecule is CC(C)(C)[C@H](NC(=O)[C@@H]1C[C@H]2CC[C@H]1O2)C(F)(F)F. The molecule has 0 aliphatic carbocycles. The van der Waals surface area contributed by atoms with Crippen LogP contribution in [0.1, 0.15) is 40.0 Å². The van der Waals surface area contributed by atoms with Crippen LogP contribution in [0.3, 0.4) is 0 Å². The van der Waals surface area contributed by atoms with Crippen molar-refractivity contribution in [3.63, 3.8) is 0 Å². The van der Waals surface area contributed by atoms with Gasteiger partial charge in [0, 0.05) is 0 Å². The van der Waals surface area contributed by atoms with Crippen LogP contribution in [0.5, 0.6) is 0 Å². The van der Waals surface area contributed by atoms with Gasteiger partial charge in [-0.3, -0.25) is 4.79 Å².